The summed E-state index contributed by atoms with van der Waals surface area (Å²) < 4.78 is 7.55. The van der Waals surface area contributed by atoms with E-state index in [1.54, 1.807) is 12.1 Å². The average Bonchev–Trinajstić information content (AvgIpc) is 2.78. The van der Waals surface area contributed by atoms with E-state index in [1.807, 2.05) is 18.2 Å². The van der Waals surface area contributed by atoms with Gasteiger partial charge in [0.05, 0.1) is 8.95 Å². The molecule has 0 fully saturated rings. The monoisotopic (exact) mass is 623 g/mol. The second-order valence-corrected chi connectivity index (χ2v) is 11.3. The van der Waals surface area contributed by atoms with Gasteiger partial charge in [0.15, 0.2) is 11.6 Å². The van der Waals surface area contributed by atoms with Gasteiger partial charge in [0.2, 0.25) is 0 Å². The highest BCUT2D eigenvalue weighted by atomic mass is 79.9. The van der Waals surface area contributed by atoms with Gasteiger partial charge in [-0.15, -0.1) is 0 Å². The molecule has 8 heteroatoms. The number of Topliss-reactive ketones (excluding diaryl/α,β-unsaturated/α-hetero) is 2. The van der Waals surface area contributed by atoms with Crippen molar-refractivity contribution in [2.24, 2.45) is 0 Å². The molecule has 0 atom stereocenters. The first-order valence-corrected chi connectivity index (χ1v) is 13.5. The number of ketones is 2. The van der Waals surface area contributed by atoms with E-state index in [4.69, 9.17) is 27.9 Å². The zero-order valence-corrected chi connectivity index (χ0v) is 22.8. The lowest BCUT2D eigenvalue weighted by Gasteiger charge is -2.37. The van der Waals surface area contributed by atoms with E-state index in [-0.39, 0.29) is 24.1 Å². The van der Waals surface area contributed by atoms with Crippen molar-refractivity contribution >= 4 is 66.6 Å². The number of halogens is 4. The van der Waals surface area contributed by atoms with Gasteiger partial charge in [0.25, 0.3) is 0 Å². The predicted octanol–water partition coefficient (Wildman–Crippen LogP) is 7.80. The Balaban J connectivity index is 1.52. The number of benzene rings is 2. The minimum Gasteiger partial charge on any atom is -0.486 e. The molecule has 0 saturated carbocycles. The summed E-state index contributed by atoms with van der Waals surface area (Å²) in [6, 6.07) is 9.21. The van der Waals surface area contributed by atoms with Gasteiger partial charge >= 0.3 is 0 Å². The summed E-state index contributed by atoms with van der Waals surface area (Å²) in [6.07, 6.45) is 4.35. The van der Waals surface area contributed by atoms with Gasteiger partial charge in [0, 0.05) is 56.9 Å². The van der Waals surface area contributed by atoms with Crippen LogP contribution in [0.3, 0.4) is 0 Å². The van der Waals surface area contributed by atoms with Crippen LogP contribution < -0.4 is 10.1 Å². The van der Waals surface area contributed by atoms with Crippen LogP contribution in [0.15, 0.2) is 61.8 Å². The summed E-state index contributed by atoms with van der Waals surface area (Å²) in [5.41, 5.74) is 5.13. The van der Waals surface area contributed by atoms with Gasteiger partial charge < -0.3 is 10.1 Å². The van der Waals surface area contributed by atoms with Crippen molar-refractivity contribution in [1.29, 1.82) is 0 Å². The molecule has 4 nitrogen and oxygen atoms in total. The lowest BCUT2D eigenvalue weighted by Crippen LogP contribution is -2.36. The average molecular weight is 626 g/mol. The molecule has 0 unspecified atom stereocenters. The minimum absolute atomic E-state index is 0.119. The van der Waals surface area contributed by atoms with Gasteiger partial charge in [-0.05, 0) is 87.4 Å². The largest absolute Gasteiger partial charge is 0.486 e. The molecule has 176 valence electrons. The molecular formula is C26H21Br2Cl2NO3. The molecule has 1 N–H and O–H groups in total. The predicted molar refractivity (Wildman–Crippen MR) is 140 cm³/mol. The SMILES string of the molecule is O=C1CCCC2=C1C(c1cc(Br)c(OCc3ccc(Cl)cc3Cl)c(Br)c1)C1=C(CCCC1=O)N2. The summed E-state index contributed by atoms with van der Waals surface area (Å²) in [4.78, 5) is 26.1. The fraction of sp³-hybridized carbons (Fsp3) is 0.308. The van der Waals surface area contributed by atoms with Crippen LogP contribution >= 0.6 is 55.1 Å². The minimum atomic E-state index is -0.362. The molecule has 0 saturated heterocycles. The van der Waals surface area contributed by atoms with E-state index >= 15 is 0 Å². The number of allylic oxidation sites excluding steroid dienone is 4. The maximum absolute atomic E-state index is 13.0. The summed E-state index contributed by atoms with van der Waals surface area (Å²) in [6.45, 7) is 0.265. The quantitative estimate of drug-likeness (QED) is 0.377. The third kappa shape index (κ3) is 4.50. The van der Waals surface area contributed by atoms with Crippen molar-refractivity contribution in [2.75, 3.05) is 0 Å². The summed E-state index contributed by atoms with van der Waals surface area (Å²) >= 11 is 19.6. The number of nitrogens with one attached hydrogen (secondary N) is 1. The standard InChI is InChI=1S/C26H21Br2Cl2NO3/c27-16-9-14(10-17(28)26(16)34-12-13-7-8-15(29)11-18(13)30)23-24-19(3-1-5-21(24)32)31-20-4-2-6-22(33)25(20)23/h7-11,23,31H,1-6,12H2. The smallest absolute Gasteiger partial charge is 0.161 e. The van der Waals surface area contributed by atoms with Crippen LogP contribution in [0.5, 0.6) is 5.75 Å². The Bertz CT molecular complexity index is 1220. The fourth-order valence-corrected chi connectivity index (χ4v) is 6.90. The zero-order chi connectivity index (χ0) is 24.0. The molecule has 3 aliphatic rings. The number of hydrogen-bond donors (Lipinski definition) is 1. The number of ether oxygens (including phenoxy) is 1. The van der Waals surface area contributed by atoms with E-state index in [2.05, 4.69) is 37.2 Å². The van der Waals surface area contributed by atoms with Gasteiger partial charge in [-0.3, -0.25) is 9.59 Å². The fourth-order valence-electron chi connectivity index (χ4n) is 4.99. The Morgan fingerprint density at radius 3 is 2.03 bits per heavy atom. The second-order valence-electron chi connectivity index (χ2n) is 8.73. The Labute approximate surface area is 225 Å². The Morgan fingerprint density at radius 1 is 0.882 bits per heavy atom. The lowest BCUT2D eigenvalue weighted by molar-refractivity contribution is -0.116. The van der Waals surface area contributed by atoms with E-state index in [1.165, 1.54) is 0 Å². The molecule has 1 aliphatic heterocycles. The van der Waals surface area contributed by atoms with Crippen LogP contribution in [-0.2, 0) is 16.2 Å². The normalized spacial score (nSPS) is 18.6. The first-order valence-electron chi connectivity index (χ1n) is 11.2. The molecule has 5 rings (SSSR count). The molecule has 2 aromatic carbocycles. The van der Waals surface area contributed by atoms with Crippen LogP contribution in [-0.4, -0.2) is 11.6 Å². The summed E-state index contributed by atoms with van der Waals surface area (Å²) in [5, 5.41) is 4.56. The first kappa shape index (κ1) is 24.1. The molecule has 0 amide bonds. The van der Waals surface area contributed by atoms with Gasteiger partial charge in [0.1, 0.15) is 12.4 Å². The topological polar surface area (TPSA) is 55.4 Å². The second kappa shape index (κ2) is 9.81. The van der Waals surface area contributed by atoms with Gasteiger partial charge in [-0.1, -0.05) is 29.3 Å². The highest BCUT2D eigenvalue weighted by Crippen LogP contribution is 2.47. The van der Waals surface area contributed by atoms with Crippen LogP contribution in [0.1, 0.15) is 55.6 Å². The van der Waals surface area contributed by atoms with Crippen molar-refractivity contribution in [2.45, 2.75) is 51.0 Å². The Kier molecular flexibility index (Phi) is 6.95. The number of dihydropyridines is 1. The molecule has 0 spiro atoms. The highest BCUT2D eigenvalue weighted by molar-refractivity contribution is 9.11. The third-order valence-electron chi connectivity index (χ3n) is 6.53. The van der Waals surface area contributed by atoms with Crippen molar-refractivity contribution in [3.8, 4) is 5.75 Å². The van der Waals surface area contributed by atoms with Crippen molar-refractivity contribution in [3.63, 3.8) is 0 Å². The maximum atomic E-state index is 13.0. The number of carbonyl (C=O) groups is 2. The molecule has 34 heavy (non-hydrogen) atoms. The van der Waals surface area contributed by atoms with Gasteiger partial charge in [-0.25, -0.2) is 0 Å². The molecule has 0 aromatic heterocycles. The summed E-state index contributed by atoms with van der Waals surface area (Å²) in [5.74, 6) is 0.499. The molecule has 2 aromatic rings. The molecule has 1 heterocycles. The Hall–Kier alpha value is -1.60. The zero-order valence-electron chi connectivity index (χ0n) is 18.2. The first-order chi connectivity index (χ1) is 16.3. The van der Waals surface area contributed by atoms with E-state index < -0.39 is 0 Å². The number of hydrogen-bond acceptors (Lipinski definition) is 4. The van der Waals surface area contributed by atoms with Crippen molar-refractivity contribution in [3.05, 3.63) is 83.0 Å². The Morgan fingerprint density at radius 2 is 1.47 bits per heavy atom. The summed E-state index contributed by atoms with van der Waals surface area (Å²) in [7, 11) is 0. The van der Waals surface area contributed by atoms with Crippen molar-refractivity contribution < 1.29 is 14.3 Å². The molecule has 0 radical (unpaired) electrons. The third-order valence-corrected chi connectivity index (χ3v) is 8.30. The van der Waals surface area contributed by atoms with Crippen LogP contribution in [0.4, 0.5) is 0 Å². The van der Waals surface area contributed by atoms with Gasteiger partial charge in [-0.2, -0.15) is 0 Å². The molecule has 2 aliphatic carbocycles. The van der Waals surface area contributed by atoms with E-state index in [0.29, 0.717) is 28.6 Å². The maximum Gasteiger partial charge on any atom is 0.161 e. The lowest BCUT2D eigenvalue weighted by atomic mass is 9.71. The van der Waals surface area contributed by atoms with E-state index in [0.717, 1.165) is 68.3 Å². The van der Waals surface area contributed by atoms with E-state index in [9.17, 15) is 9.59 Å². The van der Waals surface area contributed by atoms with Crippen molar-refractivity contribution in [1.82, 2.24) is 5.32 Å². The van der Waals surface area contributed by atoms with Crippen LogP contribution in [0.2, 0.25) is 10.0 Å². The van der Waals surface area contributed by atoms with Crippen LogP contribution in [0, 0.1) is 0 Å². The number of carbonyl (C=O) groups excluding carboxylic acids is 2. The number of rotatable bonds is 4. The van der Waals surface area contributed by atoms with Crippen LogP contribution in [0.25, 0.3) is 0 Å². The molecular weight excluding hydrogens is 605 g/mol. The highest BCUT2D eigenvalue weighted by Gasteiger charge is 2.40. The molecule has 0 bridgehead atoms.